The standard InChI is InChI=1S/C10H17N5O2/c1-10(3-2-4-17-6-10)13-8(16)5-15-7-12-9(11)14-15/h7H,2-6H2,1H3,(H2,11,14)(H,13,16). The molecule has 0 aromatic carbocycles. The van der Waals surface area contributed by atoms with Gasteiger partial charge in [-0.3, -0.25) is 4.79 Å². The molecule has 2 rings (SSSR count). The minimum Gasteiger partial charge on any atom is -0.379 e. The van der Waals surface area contributed by atoms with Gasteiger partial charge in [0, 0.05) is 6.61 Å². The second-order valence-corrected chi connectivity index (χ2v) is 4.57. The van der Waals surface area contributed by atoms with Crippen molar-refractivity contribution < 1.29 is 9.53 Å². The molecule has 7 heteroatoms. The largest absolute Gasteiger partial charge is 0.379 e. The summed E-state index contributed by atoms with van der Waals surface area (Å²) in [6.07, 6.45) is 3.33. The molecular formula is C10H17N5O2. The van der Waals surface area contributed by atoms with Gasteiger partial charge in [-0.1, -0.05) is 0 Å². The molecule has 94 valence electrons. The Hall–Kier alpha value is -1.63. The summed E-state index contributed by atoms with van der Waals surface area (Å²) in [6.45, 7) is 3.43. The third-order valence-electron chi connectivity index (χ3n) is 2.74. The van der Waals surface area contributed by atoms with Crippen LogP contribution in [0.2, 0.25) is 0 Å². The Morgan fingerprint density at radius 2 is 2.59 bits per heavy atom. The Morgan fingerprint density at radius 1 is 1.76 bits per heavy atom. The number of anilines is 1. The van der Waals surface area contributed by atoms with Crippen LogP contribution in [0.25, 0.3) is 0 Å². The van der Waals surface area contributed by atoms with Crippen molar-refractivity contribution in [3.8, 4) is 0 Å². The van der Waals surface area contributed by atoms with Gasteiger partial charge in [0.1, 0.15) is 12.9 Å². The van der Waals surface area contributed by atoms with Crippen LogP contribution in [-0.4, -0.2) is 39.4 Å². The number of carbonyl (C=O) groups is 1. The van der Waals surface area contributed by atoms with E-state index in [-0.39, 0.29) is 23.9 Å². The van der Waals surface area contributed by atoms with Crippen LogP contribution in [0, 0.1) is 0 Å². The number of aromatic nitrogens is 3. The third-order valence-corrected chi connectivity index (χ3v) is 2.74. The van der Waals surface area contributed by atoms with E-state index in [1.54, 1.807) is 0 Å². The number of nitrogens with zero attached hydrogens (tertiary/aromatic N) is 3. The van der Waals surface area contributed by atoms with E-state index in [0.29, 0.717) is 6.61 Å². The summed E-state index contributed by atoms with van der Waals surface area (Å²) in [6, 6.07) is 0. The van der Waals surface area contributed by atoms with Gasteiger partial charge in [-0.05, 0) is 19.8 Å². The zero-order chi connectivity index (χ0) is 12.3. The summed E-state index contributed by atoms with van der Waals surface area (Å²) in [5.41, 5.74) is 5.09. The number of hydrogen-bond donors (Lipinski definition) is 2. The minimum atomic E-state index is -0.276. The summed E-state index contributed by atoms with van der Waals surface area (Å²) in [5, 5.41) is 6.82. The van der Waals surface area contributed by atoms with E-state index in [1.165, 1.54) is 11.0 Å². The van der Waals surface area contributed by atoms with E-state index in [1.807, 2.05) is 6.92 Å². The molecule has 1 amide bonds. The predicted octanol–water partition coefficient (Wildman–Crippen LogP) is -0.454. The average Bonchev–Trinajstić information content (AvgIpc) is 2.63. The molecule has 1 aliphatic heterocycles. The van der Waals surface area contributed by atoms with Gasteiger partial charge in [0.05, 0.1) is 12.1 Å². The Kier molecular flexibility index (Phi) is 3.28. The number of hydrogen-bond acceptors (Lipinski definition) is 5. The van der Waals surface area contributed by atoms with E-state index in [0.717, 1.165) is 19.4 Å². The maximum Gasteiger partial charge on any atom is 0.242 e. The average molecular weight is 239 g/mol. The molecule has 1 aliphatic rings. The summed E-state index contributed by atoms with van der Waals surface area (Å²) < 4.78 is 6.79. The lowest BCUT2D eigenvalue weighted by molar-refractivity contribution is -0.125. The molecule has 0 spiro atoms. The Labute approximate surface area is 99.3 Å². The Bertz CT molecular complexity index is 397. The quantitative estimate of drug-likeness (QED) is 0.744. The lowest BCUT2D eigenvalue weighted by Gasteiger charge is -2.34. The first kappa shape index (κ1) is 11.8. The molecule has 0 aliphatic carbocycles. The normalized spacial score (nSPS) is 24.5. The fourth-order valence-corrected chi connectivity index (χ4v) is 1.94. The van der Waals surface area contributed by atoms with Crippen molar-refractivity contribution in [3.05, 3.63) is 6.33 Å². The van der Waals surface area contributed by atoms with Crippen molar-refractivity contribution in [2.75, 3.05) is 18.9 Å². The van der Waals surface area contributed by atoms with Crippen LogP contribution in [-0.2, 0) is 16.1 Å². The topological polar surface area (TPSA) is 95.1 Å². The van der Waals surface area contributed by atoms with Crippen molar-refractivity contribution in [2.45, 2.75) is 31.8 Å². The molecular weight excluding hydrogens is 222 g/mol. The summed E-state index contributed by atoms with van der Waals surface area (Å²) in [7, 11) is 0. The minimum absolute atomic E-state index is 0.108. The van der Waals surface area contributed by atoms with Crippen LogP contribution in [0.5, 0.6) is 0 Å². The van der Waals surface area contributed by atoms with Gasteiger partial charge in [-0.15, -0.1) is 5.10 Å². The first-order chi connectivity index (χ1) is 8.07. The molecule has 1 saturated heterocycles. The highest BCUT2D eigenvalue weighted by molar-refractivity contribution is 5.76. The van der Waals surface area contributed by atoms with Crippen LogP contribution in [0.1, 0.15) is 19.8 Å². The zero-order valence-electron chi connectivity index (χ0n) is 9.85. The predicted molar refractivity (Wildman–Crippen MR) is 61.0 cm³/mol. The molecule has 1 atom stereocenters. The summed E-state index contributed by atoms with van der Waals surface area (Å²) >= 11 is 0. The fraction of sp³-hybridized carbons (Fsp3) is 0.700. The molecule has 1 aromatic rings. The van der Waals surface area contributed by atoms with Crippen LogP contribution < -0.4 is 11.1 Å². The van der Waals surface area contributed by atoms with Crippen LogP contribution in [0.4, 0.5) is 5.95 Å². The molecule has 3 N–H and O–H groups in total. The maximum absolute atomic E-state index is 11.8. The van der Waals surface area contributed by atoms with Gasteiger partial charge in [-0.25, -0.2) is 9.67 Å². The molecule has 2 heterocycles. The first-order valence-corrected chi connectivity index (χ1v) is 5.61. The van der Waals surface area contributed by atoms with Crippen LogP contribution in [0.15, 0.2) is 6.33 Å². The second kappa shape index (κ2) is 4.70. The third kappa shape index (κ3) is 3.16. The highest BCUT2D eigenvalue weighted by atomic mass is 16.5. The van der Waals surface area contributed by atoms with E-state index in [9.17, 15) is 4.79 Å². The van der Waals surface area contributed by atoms with Crippen LogP contribution >= 0.6 is 0 Å². The van der Waals surface area contributed by atoms with Crippen molar-refractivity contribution in [2.24, 2.45) is 0 Å². The van der Waals surface area contributed by atoms with Gasteiger partial charge >= 0.3 is 0 Å². The van der Waals surface area contributed by atoms with E-state index >= 15 is 0 Å². The van der Waals surface area contributed by atoms with E-state index < -0.39 is 0 Å². The van der Waals surface area contributed by atoms with Gasteiger partial charge in [-0.2, -0.15) is 0 Å². The monoisotopic (exact) mass is 239 g/mol. The number of nitrogens with two attached hydrogens (primary N) is 1. The molecule has 1 aromatic heterocycles. The summed E-state index contributed by atoms with van der Waals surface area (Å²) in [5.74, 6) is 0.0629. The molecule has 1 fully saturated rings. The lowest BCUT2D eigenvalue weighted by atomic mass is 9.95. The number of nitrogen functional groups attached to an aromatic ring is 1. The number of amides is 1. The second-order valence-electron chi connectivity index (χ2n) is 4.57. The Balaban J connectivity index is 1.88. The lowest BCUT2D eigenvalue weighted by Crippen LogP contribution is -2.52. The number of carbonyl (C=O) groups excluding carboxylic acids is 1. The molecule has 0 saturated carbocycles. The van der Waals surface area contributed by atoms with Gasteiger partial charge < -0.3 is 15.8 Å². The highest BCUT2D eigenvalue weighted by Gasteiger charge is 2.29. The van der Waals surface area contributed by atoms with Crippen molar-refractivity contribution in [1.82, 2.24) is 20.1 Å². The van der Waals surface area contributed by atoms with Gasteiger partial charge in [0.25, 0.3) is 0 Å². The molecule has 1 unspecified atom stereocenters. The van der Waals surface area contributed by atoms with Crippen molar-refractivity contribution in [3.63, 3.8) is 0 Å². The van der Waals surface area contributed by atoms with Gasteiger partial charge in [0.15, 0.2) is 0 Å². The van der Waals surface area contributed by atoms with Gasteiger partial charge in [0.2, 0.25) is 11.9 Å². The summed E-state index contributed by atoms with van der Waals surface area (Å²) in [4.78, 5) is 15.6. The SMILES string of the molecule is CC1(NC(=O)Cn2cnc(N)n2)CCCOC1. The van der Waals surface area contributed by atoms with Crippen molar-refractivity contribution in [1.29, 1.82) is 0 Å². The fourth-order valence-electron chi connectivity index (χ4n) is 1.94. The Morgan fingerprint density at radius 3 is 3.18 bits per heavy atom. The number of ether oxygens (including phenoxy) is 1. The molecule has 0 radical (unpaired) electrons. The van der Waals surface area contributed by atoms with Crippen molar-refractivity contribution >= 4 is 11.9 Å². The molecule has 17 heavy (non-hydrogen) atoms. The number of nitrogens with one attached hydrogen (secondary N) is 1. The van der Waals surface area contributed by atoms with Crippen LogP contribution in [0.3, 0.4) is 0 Å². The van der Waals surface area contributed by atoms with E-state index in [4.69, 9.17) is 10.5 Å². The maximum atomic E-state index is 11.8. The number of rotatable bonds is 3. The van der Waals surface area contributed by atoms with E-state index in [2.05, 4.69) is 15.4 Å². The first-order valence-electron chi connectivity index (χ1n) is 5.61. The zero-order valence-corrected chi connectivity index (χ0v) is 9.85. The highest BCUT2D eigenvalue weighted by Crippen LogP contribution is 2.18. The molecule has 0 bridgehead atoms. The smallest absolute Gasteiger partial charge is 0.242 e. The molecule has 7 nitrogen and oxygen atoms in total.